The average molecular weight is 397 g/mol. The van der Waals surface area contributed by atoms with Crippen molar-refractivity contribution in [2.45, 2.75) is 50.7 Å². The summed E-state index contributed by atoms with van der Waals surface area (Å²) in [4.78, 5) is 24.3. The number of nitrogens with zero attached hydrogens (tertiary/aromatic N) is 1. The fourth-order valence-corrected chi connectivity index (χ4v) is 3.02. The first-order valence-electron chi connectivity index (χ1n) is 7.76. The number of ether oxygens (including phenoxy) is 1. The quantitative estimate of drug-likeness (QED) is 0.790. The normalized spacial score (nSPS) is 17.4. The third-order valence-corrected chi connectivity index (χ3v) is 4.58. The topological polar surface area (TPSA) is 79.2 Å². The van der Waals surface area contributed by atoms with Gasteiger partial charge in [0.15, 0.2) is 6.10 Å². The molecule has 0 heterocycles. The van der Waals surface area contributed by atoms with Crippen LogP contribution in [0.25, 0.3) is 0 Å². The molecule has 0 radical (unpaired) electrons. The highest BCUT2D eigenvalue weighted by molar-refractivity contribution is 9.10. The fourth-order valence-electron chi connectivity index (χ4n) is 2.69. The zero-order chi connectivity index (χ0) is 17.7. The zero-order valence-corrected chi connectivity index (χ0v) is 14.9. The Labute approximate surface area is 148 Å². The molecule has 1 amide bonds. The molecule has 1 aliphatic carbocycles. The minimum absolute atomic E-state index is 0.245. The Morgan fingerprint density at radius 3 is 2.62 bits per heavy atom. The molecule has 1 aromatic rings. The number of esters is 1. The summed E-state index contributed by atoms with van der Waals surface area (Å²) >= 11 is 3.10. The maximum atomic E-state index is 13.8. The summed E-state index contributed by atoms with van der Waals surface area (Å²) in [5, 5.41) is 12.1. The highest BCUT2D eigenvalue weighted by Gasteiger charge is 2.35. The van der Waals surface area contributed by atoms with Crippen LogP contribution in [-0.4, -0.2) is 23.5 Å². The molecule has 0 saturated heterocycles. The number of nitriles is 1. The van der Waals surface area contributed by atoms with E-state index in [1.54, 1.807) is 0 Å². The van der Waals surface area contributed by atoms with Gasteiger partial charge in [0.2, 0.25) is 0 Å². The molecule has 7 heteroatoms. The Morgan fingerprint density at radius 1 is 1.38 bits per heavy atom. The van der Waals surface area contributed by atoms with Crippen LogP contribution < -0.4 is 5.32 Å². The maximum Gasteiger partial charge on any atom is 0.341 e. The van der Waals surface area contributed by atoms with Gasteiger partial charge < -0.3 is 10.1 Å². The van der Waals surface area contributed by atoms with Gasteiger partial charge in [-0.1, -0.05) is 35.2 Å². The minimum atomic E-state index is -1.12. The maximum absolute atomic E-state index is 13.8. The second kappa shape index (κ2) is 7.75. The van der Waals surface area contributed by atoms with Crippen LogP contribution in [0.15, 0.2) is 22.7 Å². The van der Waals surface area contributed by atoms with E-state index in [0.29, 0.717) is 17.3 Å². The fraction of sp³-hybridized carbons (Fsp3) is 0.471. The molecular formula is C17H18BrFN2O3. The van der Waals surface area contributed by atoms with Crippen LogP contribution in [0.1, 0.15) is 49.4 Å². The lowest BCUT2D eigenvalue weighted by Gasteiger charge is -2.32. The van der Waals surface area contributed by atoms with Crippen molar-refractivity contribution in [1.82, 2.24) is 5.32 Å². The second-order valence-corrected chi connectivity index (χ2v) is 6.83. The van der Waals surface area contributed by atoms with Crippen LogP contribution in [0.3, 0.4) is 0 Å². The van der Waals surface area contributed by atoms with Crippen LogP contribution in [0, 0.1) is 17.1 Å². The van der Waals surface area contributed by atoms with E-state index >= 15 is 0 Å². The van der Waals surface area contributed by atoms with E-state index in [9.17, 15) is 19.2 Å². The first-order chi connectivity index (χ1) is 11.4. The largest absolute Gasteiger partial charge is 0.449 e. The van der Waals surface area contributed by atoms with Gasteiger partial charge >= 0.3 is 5.97 Å². The van der Waals surface area contributed by atoms with Crippen molar-refractivity contribution in [2.75, 3.05) is 0 Å². The number of carbonyl (C=O) groups excluding carboxylic acids is 2. The highest BCUT2D eigenvalue weighted by atomic mass is 79.9. The second-order valence-electron chi connectivity index (χ2n) is 5.92. The number of carbonyl (C=O) groups is 2. The Bertz CT molecular complexity index is 681. The summed E-state index contributed by atoms with van der Waals surface area (Å²) in [5.74, 6) is -2.20. The summed E-state index contributed by atoms with van der Waals surface area (Å²) in [7, 11) is 0. The predicted octanol–water partition coefficient (Wildman–Crippen LogP) is 3.48. The number of hydrogen-bond donors (Lipinski definition) is 1. The number of benzene rings is 1. The van der Waals surface area contributed by atoms with Gasteiger partial charge in [-0.05, 0) is 38.0 Å². The SMILES string of the molecule is C[C@@H](OC(=O)c1ccc(Br)cc1F)C(=O)NC1(C#N)CCCCC1. The Hall–Kier alpha value is -1.94. The van der Waals surface area contributed by atoms with Gasteiger partial charge in [-0.25, -0.2) is 9.18 Å². The molecule has 0 bridgehead atoms. The average Bonchev–Trinajstić information content (AvgIpc) is 2.55. The van der Waals surface area contributed by atoms with Crippen LogP contribution >= 0.6 is 15.9 Å². The summed E-state index contributed by atoms with van der Waals surface area (Å²) in [6.07, 6.45) is 2.81. The molecule has 1 atom stereocenters. The zero-order valence-electron chi connectivity index (χ0n) is 13.3. The third kappa shape index (κ3) is 4.32. The number of halogens is 2. The van der Waals surface area contributed by atoms with Crippen molar-refractivity contribution < 1.29 is 18.7 Å². The van der Waals surface area contributed by atoms with Crippen molar-refractivity contribution in [1.29, 1.82) is 5.26 Å². The van der Waals surface area contributed by atoms with Gasteiger partial charge in [0, 0.05) is 4.47 Å². The molecule has 1 saturated carbocycles. The molecule has 1 aliphatic rings. The van der Waals surface area contributed by atoms with E-state index in [1.165, 1.54) is 19.1 Å². The molecule has 5 nitrogen and oxygen atoms in total. The summed E-state index contributed by atoms with van der Waals surface area (Å²) in [5.41, 5.74) is -1.15. The lowest BCUT2D eigenvalue weighted by molar-refractivity contribution is -0.130. The molecule has 0 aromatic heterocycles. The van der Waals surface area contributed by atoms with Gasteiger partial charge in [-0.15, -0.1) is 0 Å². The van der Waals surface area contributed by atoms with Crippen molar-refractivity contribution in [3.05, 3.63) is 34.1 Å². The van der Waals surface area contributed by atoms with E-state index in [0.717, 1.165) is 25.3 Å². The predicted molar refractivity (Wildman–Crippen MR) is 88.5 cm³/mol. The van der Waals surface area contributed by atoms with Crippen molar-refractivity contribution >= 4 is 27.8 Å². The third-order valence-electron chi connectivity index (χ3n) is 4.09. The van der Waals surface area contributed by atoms with Gasteiger partial charge in [0.1, 0.15) is 11.4 Å². The lowest BCUT2D eigenvalue weighted by atomic mass is 9.83. The summed E-state index contributed by atoms with van der Waals surface area (Å²) in [6.45, 7) is 1.40. The molecule has 2 rings (SSSR count). The molecule has 24 heavy (non-hydrogen) atoms. The standard InChI is InChI=1S/C17H18BrFN2O3/c1-11(15(22)21-17(10-20)7-3-2-4-8-17)24-16(23)13-6-5-12(18)9-14(13)19/h5-6,9,11H,2-4,7-8H2,1H3,(H,21,22)/t11-/m1/s1. The lowest BCUT2D eigenvalue weighted by Crippen LogP contribution is -2.52. The Morgan fingerprint density at radius 2 is 2.04 bits per heavy atom. The van der Waals surface area contributed by atoms with E-state index in [2.05, 4.69) is 27.3 Å². The summed E-state index contributed by atoms with van der Waals surface area (Å²) in [6, 6.07) is 6.11. The molecule has 1 aromatic carbocycles. The van der Waals surface area contributed by atoms with Crippen molar-refractivity contribution in [2.24, 2.45) is 0 Å². The van der Waals surface area contributed by atoms with Crippen LogP contribution in [0.2, 0.25) is 0 Å². The van der Waals surface area contributed by atoms with Gasteiger partial charge in [-0.3, -0.25) is 4.79 Å². The van der Waals surface area contributed by atoms with E-state index in [4.69, 9.17) is 4.74 Å². The van der Waals surface area contributed by atoms with Crippen molar-refractivity contribution in [3.63, 3.8) is 0 Å². The molecule has 128 valence electrons. The van der Waals surface area contributed by atoms with Crippen LogP contribution in [0.5, 0.6) is 0 Å². The van der Waals surface area contributed by atoms with Crippen LogP contribution in [-0.2, 0) is 9.53 Å². The molecule has 1 fully saturated rings. The first-order valence-corrected chi connectivity index (χ1v) is 8.55. The number of amides is 1. The van der Waals surface area contributed by atoms with Gasteiger partial charge in [0.05, 0.1) is 11.6 Å². The number of hydrogen-bond acceptors (Lipinski definition) is 4. The molecule has 0 spiro atoms. The highest BCUT2D eigenvalue weighted by Crippen LogP contribution is 2.27. The Kier molecular flexibility index (Phi) is 5.94. The summed E-state index contributed by atoms with van der Waals surface area (Å²) < 4.78 is 19.3. The molecule has 0 unspecified atom stereocenters. The molecule has 0 aliphatic heterocycles. The van der Waals surface area contributed by atoms with Crippen LogP contribution in [0.4, 0.5) is 4.39 Å². The minimum Gasteiger partial charge on any atom is -0.449 e. The van der Waals surface area contributed by atoms with E-state index < -0.39 is 29.3 Å². The van der Waals surface area contributed by atoms with Crippen molar-refractivity contribution in [3.8, 4) is 6.07 Å². The smallest absolute Gasteiger partial charge is 0.341 e. The van der Waals surface area contributed by atoms with Gasteiger partial charge in [-0.2, -0.15) is 5.26 Å². The van der Waals surface area contributed by atoms with Gasteiger partial charge in [0.25, 0.3) is 5.91 Å². The molecule has 1 N–H and O–H groups in total. The van der Waals surface area contributed by atoms with E-state index in [1.807, 2.05) is 0 Å². The molecular weight excluding hydrogens is 379 g/mol. The Balaban J connectivity index is 2.00. The monoisotopic (exact) mass is 396 g/mol. The first kappa shape index (κ1) is 18.4. The number of rotatable bonds is 4. The van der Waals surface area contributed by atoms with E-state index in [-0.39, 0.29) is 5.56 Å². The number of nitrogens with one attached hydrogen (secondary N) is 1.